The van der Waals surface area contributed by atoms with Crippen molar-refractivity contribution in [2.24, 2.45) is 0 Å². The van der Waals surface area contributed by atoms with Crippen LogP contribution < -0.4 is 26.3 Å². The molecule has 38 heavy (non-hydrogen) atoms. The maximum absolute atomic E-state index is 12.7. The maximum Gasteiger partial charge on any atom is 0.314 e. The molecule has 1 aromatic heterocycles. The van der Waals surface area contributed by atoms with Crippen molar-refractivity contribution in [1.82, 2.24) is 30.6 Å². The lowest BCUT2D eigenvalue weighted by Gasteiger charge is -2.14. The summed E-state index contributed by atoms with van der Waals surface area (Å²) in [5.74, 6) is -0.439. The van der Waals surface area contributed by atoms with Crippen molar-refractivity contribution in [3.63, 3.8) is 0 Å². The molecule has 0 bridgehead atoms. The summed E-state index contributed by atoms with van der Waals surface area (Å²) in [7, 11) is -12.5. The number of benzene rings is 1. The van der Waals surface area contributed by atoms with Crippen molar-refractivity contribution in [3.05, 3.63) is 23.5 Å². The van der Waals surface area contributed by atoms with Crippen molar-refractivity contribution >= 4 is 59.4 Å². The standard InChI is InChI=1S/C16H25ClN8O10S3/c1-36(28,29)21-5-4-18-15-23-14(17)24-16(25-15)22-12-10-11(37(30,31)34-19-6-8-26)2-3-13(12)38(32,33)35-20-7-9-27/h2-3,10,19-21,26-27H,4-9H2,1H3,(H2,18,22,23,24,25). The number of halogens is 1. The van der Waals surface area contributed by atoms with E-state index in [1.54, 1.807) is 0 Å². The molecule has 2 rings (SSSR count). The molecule has 214 valence electrons. The van der Waals surface area contributed by atoms with Gasteiger partial charge in [0.25, 0.3) is 0 Å². The van der Waals surface area contributed by atoms with E-state index in [1.165, 1.54) is 0 Å². The molecule has 0 aliphatic heterocycles. The topological polar surface area (TPSA) is 260 Å². The van der Waals surface area contributed by atoms with Gasteiger partial charge in [0, 0.05) is 26.2 Å². The van der Waals surface area contributed by atoms with Gasteiger partial charge in [-0.3, -0.25) is 0 Å². The molecule has 0 saturated heterocycles. The number of hydrogen-bond donors (Lipinski definition) is 7. The Morgan fingerprint density at radius 3 is 2.05 bits per heavy atom. The van der Waals surface area contributed by atoms with Gasteiger partial charge in [-0.05, 0) is 29.8 Å². The van der Waals surface area contributed by atoms with Crippen molar-refractivity contribution in [1.29, 1.82) is 0 Å². The van der Waals surface area contributed by atoms with Crippen LogP contribution in [0, 0.1) is 0 Å². The van der Waals surface area contributed by atoms with Gasteiger partial charge in [0.1, 0.15) is 4.90 Å². The van der Waals surface area contributed by atoms with Gasteiger partial charge in [0.2, 0.25) is 27.2 Å². The Morgan fingerprint density at radius 2 is 1.45 bits per heavy atom. The molecule has 2 aromatic rings. The van der Waals surface area contributed by atoms with E-state index in [9.17, 15) is 25.3 Å². The van der Waals surface area contributed by atoms with Crippen LogP contribution in [0.15, 0.2) is 28.0 Å². The summed E-state index contributed by atoms with van der Waals surface area (Å²) < 4.78 is 84.1. The molecule has 1 heterocycles. The minimum absolute atomic E-state index is 0.0182. The quantitative estimate of drug-likeness (QED) is 0.0719. The fraction of sp³-hybridized carbons (Fsp3) is 0.438. The molecule has 0 saturated carbocycles. The lowest BCUT2D eigenvalue weighted by atomic mass is 10.3. The van der Waals surface area contributed by atoms with Crippen LogP contribution in [0.2, 0.25) is 5.28 Å². The zero-order valence-electron chi connectivity index (χ0n) is 19.6. The van der Waals surface area contributed by atoms with Crippen LogP contribution in [0.1, 0.15) is 0 Å². The maximum atomic E-state index is 12.7. The van der Waals surface area contributed by atoms with Crippen LogP contribution >= 0.6 is 11.6 Å². The average Bonchev–Trinajstić information content (AvgIpc) is 2.81. The van der Waals surface area contributed by atoms with Gasteiger partial charge < -0.3 is 20.8 Å². The van der Waals surface area contributed by atoms with Crippen molar-refractivity contribution in [3.8, 4) is 0 Å². The molecule has 1 aromatic carbocycles. The molecule has 0 spiro atoms. The molecular weight excluding hydrogens is 596 g/mol. The van der Waals surface area contributed by atoms with Gasteiger partial charge in [0.15, 0.2) is 0 Å². The fourth-order valence-corrected chi connectivity index (χ4v) is 4.83. The highest BCUT2D eigenvalue weighted by Crippen LogP contribution is 2.29. The van der Waals surface area contributed by atoms with Crippen molar-refractivity contribution in [2.75, 3.05) is 56.3 Å². The minimum Gasteiger partial charge on any atom is -0.395 e. The Bertz CT molecular complexity index is 1410. The van der Waals surface area contributed by atoms with Gasteiger partial charge in [-0.25, -0.2) is 13.1 Å². The number of hydroxylamine groups is 2. The fourth-order valence-electron chi connectivity index (χ4n) is 2.42. The van der Waals surface area contributed by atoms with Crippen LogP contribution in [0.3, 0.4) is 0 Å². The third-order valence-electron chi connectivity index (χ3n) is 3.90. The van der Waals surface area contributed by atoms with Gasteiger partial charge in [-0.15, -0.1) is 0 Å². The minimum atomic E-state index is -4.57. The van der Waals surface area contributed by atoms with Crippen LogP contribution in [0.25, 0.3) is 0 Å². The number of aromatic nitrogens is 3. The Balaban J connectivity index is 2.41. The zero-order valence-corrected chi connectivity index (χ0v) is 22.8. The molecule has 0 aliphatic rings. The summed E-state index contributed by atoms with van der Waals surface area (Å²) in [6.07, 6.45) is 0.978. The first kappa shape index (κ1) is 31.9. The highest BCUT2D eigenvalue weighted by Gasteiger charge is 2.25. The third kappa shape index (κ3) is 10.5. The number of aliphatic hydroxyl groups excluding tert-OH is 2. The lowest BCUT2D eigenvalue weighted by molar-refractivity contribution is 0.169. The molecule has 0 radical (unpaired) electrons. The molecule has 0 amide bonds. The van der Waals surface area contributed by atoms with Gasteiger partial charge in [-0.2, -0.15) is 51.3 Å². The number of anilines is 3. The van der Waals surface area contributed by atoms with E-state index < -0.39 is 53.3 Å². The molecule has 0 aliphatic carbocycles. The monoisotopic (exact) mass is 620 g/mol. The Kier molecular flexibility index (Phi) is 11.9. The molecule has 7 N–H and O–H groups in total. The highest BCUT2D eigenvalue weighted by molar-refractivity contribution is 7.88. The van der Waals surface area contributed by atoms with Crippen molar-refractivity contribution in [2.45, 2.75) is 9.79 Å². The van der Waals surface area contributed by atoms with Gasteiger partial charge in [0.05, 0.1) is 30.1 Å². The Hall–Kier alpha value is -2.31. The SMILES string of the molecule is CS(=O)(=O)NCCNc1nc(Cl)nc(Nc2cc(S(=O)(=O)ONCCO)ccc2S(=O)(=O)ONCCO)n1. The first-order valence-corrected chi connectivity index (χ1v) is 15.4. The molecule has 18 nitrogen and oxygen atoms in total. The highest BCUT2D eigenvalue weighted by atomic mass is 35.5. The van der Waals surface area contributed by atoms with Crippen LogP contribution in [-0.2, 0) is 38.8 Å². The molecule has 0 unspecified atom stereocenters. The van der Waals surface area contributed by atoms with Gasteiger partial charge >= 0.3 is 20.2 Å². The Morgan fingerprint density at radius 1 is 0.842 bits per heavy atom. The molecule has 0 fully saturated rings. The number of rotatable bonds is 17. The summed E-state index contributed by atoms with van der Waals surface area (Å²) in [6, 6.07) is 2.71. The molecule has 22 heteroatoms. The van der Waals surface area contributed by atoms with E-state index in [2.05, 4.69) is 38.9 Å². The summed E-state index contributed by atoms with van der Waals surface area (Å²) in [5.41, 5.74) is 3.69. The zero-order chi connectivity index (χ0) is 28.4. The first-order valence-electron chi connectivity index (χ1n) is 10.3. The van der Waals surface area contributed by atoms with Gasteiger partial charge in [-0.1, -0.05) is 0 Å². The lowest BCUT2D eigenvalue weighted by Crippen LogP contribution is -2.28. The van der Waals surface area contributed by atoms with E-state index in [0.29, 0.717) is 0 Å². The smallest absolute Gasteiger partial charge is 0.314 e. The van der Waals surface area contributed by atoms with E-state index >= 15 is 0 Å². The van der Waals surface area contributed by atoms with Crippen molar-refractivity contribution < 1.29 is 44.0 Å². The number of sulfonamides is 1. The first-order chi connectivity index (χ1) is 17.8. The van der Waals surface area contributed by atoms with E-state index in [-0.39, 0.29) is 49.0 Å². The number of hydrogen-bond acceptors (Lipinski definition) is 17. The normalized spacial score (nSPS) is 12.4. The van der Waals surface area contributed by atoms with E-state index in [4.69, 9.17) is 21.8 Å². The third-order valence-corrected chi connectivity index (χ3v) is 7.20. The number of aliphatic hydroxyl groups is 2. The summed E-state index contributed by atoms with van der Waals surface area (Å²) >= 11 is 5.92. The largest absolute Gasteiger partial charge is 0.395 e. The predicted molar refractivity (Wildman–Crippen MR) is 133 cm³/mol. The number of nitrogens with one attached hydrogen (secondary N) is 5. The summed E-state index contributed by atoms with van der Waals surface area (Å²) in [5, 5.41) is 22.5. The second kappa shape index (κ2) is 14.2. The Labute approximate surface area is 223 Å². The number of nitrogens with zero attached hydrogens (tertiary/aromatic N) is 3. The second-order valence-electron chi connectivity index (χ2n) is 6.94. The summed E-state index contributed by atoms with van der Waals surface area (Å²) in [6.45, 7) is -1.27. The summed E-state index contributed by atoms with van der Waals surface area (Å²) in [4.78, 5) is 10.6. The molecular formula is C16H25ClN8O10S3. The van der Waals surface area contributed by atoms with Crippen LogP contribution in [0.5, 0.6) is 0 Å². The van der Waals surface area contributed by atoms with Crippen LogP contribution in [0.4, 0.5) is 17.6 Å². The molecule has 0 atom stereocenters. The van der Waals surface area contributed by atoms with Crippen LogP contribution in [-0.4, -0.2) is 96.1 Å². The second-order valence-corrected chi connectivity index (χ2v) is 12.2. The van der Waals surface area contributed by atoms with E-state index in [1.807, 2.05) is 11.0 Å². The van der Waals surface area contributed by atoms with E-state index in [0.717, 1.165) is 24.5 Å². The predicted octanol–water partition coefficient (Wildman–Crippen LogP) is -2.37. The average molecular weight is 621 g/mol.